The van der Waals surface area contributed by atoms with Gasteiger partial charge in [-0.25, -0.2) is 0 Å². The molecular formula is C14H20O2. The first-order valence-electron chi connectivity index (χ1n) is 6.12. The first kappa shape index (κ1) is 11.5. The molecule has 3 rings (SSSR count). The molecule has 2 fully saturated rings. The fourth-order valence-corrected chi connectivity index (χ4v) is 2.24. The van der Waals surface area contributed by atoms with E-state index in [0.717, 1.165) is 24.9 Å². The Labute approximate surface area is 97.6 Å². The van der Waals surface area contributed by atoms with E-state index >= 15 is 0 Å². The Morgan fingerprint density at radius 2 is 1.75 bits per heavy atom. The Balaban J connectivity index is 0.000000278. The fourth-order valence-electron chi connectivity index (χ4n) is 2.24. The number of epoxide rings is 1. The fraction of sp³-hybridized carbons (Fsp3) is 0.571. The maximum Gasteiger partial charge on any atom is 0.122 e. The normalized spacial score (nSPS) is 18.8. The molecule has 0 atom stereocenters. The second-order valence-electron chi connectivity index (χ2n) is 4.34. The molecule has 1 aromatic carbocycles. The van der Waals surface area contributed by atoms with Crippen LogP contribution in [0.1, 0.15) is 37.2 Å². The van der Waals surface area contributed by atoms with Crippen LogP contribution >= 0.6 is 0 Å². The quantitative estimate of drug-likeness (QED) is 0.713. The van der Waals surface area contributed by atoms with Crippen molar-refractivity contribution in [1.29, 1.82) is 0 Å². The summed E-state index contributed by atoms with van der Waals surface area (Å²) in [6.07, 6.45) is 5.42. The number of rotatable bonds is 2. The van der Waals surface area contributed by atoms with Crippen LogP contribution in [0.15, 0.2) is 24.3 Å². The van der Waals surface area contributed by atoms with Gasteiger partial charge in [0.2, 0.25) is 0 Å². The van der Waals surface area contributed by atoms with Gasteiger partial charge in [0.1, 0.15) is 5.75 Å². The first-order chi connectivity index (χ1) is 7.92. The third kappa shape index (κ3) is 3.24. The molecule has 0 unspecified atom stereocenters. The van der Waals surface area contributed by atoms with E-state index < -0.39 is 0 Å². The molecule has 16 heavy (non-hydrogen) atoms. The zero-order valence-corrected chi connectivity index (χ0v) is 9.95. The van der Waals surface area contributed by atoms with Gasteiger partial charge in [0.05, 0.1) is 20.3 Å². The average Bonchev–Trinajstić information content (AvgIpc) is 3.13. The highest BCUT2D eigenvalue weighted by atomic mass is 16.6. The van der Waals surface area contributed by atoms with Crippen LogP contribution in [0.25, 0.3) is 0 Å². The number of methoxy groups -OCH3 is 1. The summed E-state index contributed by atoms with van der Waals surface area (Å²) in [6, 6.07) is 8.41. The molecule has 2 nitrogen and oxygen atoms in total. The van der Waals surface area contributed by atoms with Crippen LogP contribution in [0, 0.1) is 0 Å². The highest BCUT2D eigenvalue weighted by Gasteiger charge is 2.19. The lowest BCUT2D eigenvalue weighted by Gasteiger charge is -2.13. The van der Waals surface area contributed by atoms with E-state index in [1.807, 2.05) is 6.07 Å². The lowest BCUT2D eigenvalue weighted by molar-refractivity contribution is 0.405. The largest absolute Gasteiger partial charge is 0.496 e. The van der Waals surface area contributed by atoms with Crippen molar-refractivity contribution >= 4 is 0 Å². The van der Waals surface area contributed by atoms with Gasteiger partial charge in [-0.1, -0.05) is 31.0 Å². The summed E-state index contributed by atoms with van der Waals surface area (Å²) in [7, 11) is 1.76. The molecule has 1 heterocycles. The molecule has 2 aliphatic rings. The molecule has 1 aromatic rings. The Morgan fingerprint density at radius 1 is 1.12 bits per heavy atom. The van der Waals surface area contributed by atoms with Crippen molar-refractivity contribution in [3.05, 3.63) is 29.8 Å². The topological polar surface area (TPSA) is 21.8 Å². The van der Waals surface area contributed by atoms with Gasteiger partial charge in [-0.3, -0.25) is 0 Å². The highest BCUT2D eigenvalue weighted by molar-refractivity contribution is 5.36. The molecule has 1 aliphatic carbocycles. The summed E-state index contributed by atoms with van der Waals surface area (Å²) in [5.74, 6) is 1.81. The van der Waals surface area contributed by atoms with Gasteiger partial charge in [0.15, 0.2) is 0 Å². The lowest BCUT2D eigenvalue weighted by Crippen LogP contribution is -1.96. The van der Waals surface area contributed by atoms with Crippen molar-refractivity contribution in [2.75, 3.05) is 20.3 Å². The number of para-hydroxylation sites is 1. The maximum absolute atomic E-state index is 5.36. The molecule has 88 valence electrons. The van der Waals surface area contributed by atoms with Gasteiger partial charge >= 0.3 is 0 Å². The van der Waals surface area contributed by atoms with Gasteiger partial charge < -0.3 is 9.47 Å². The Hall–Kier alpha value is -1.02. The van der Waals surface area contributed by atoms with Crippen molar-refractivity contribution < 1.29 is 9.47 Å². The number of hydrogen-bond donors (Lipinski definition) is 0. The average molecular weight is 220 g/mol. The summed E-state index contributed by atoms with van der Waals surface area (Å²) in [6.45, 7) is 2.00. The van der Waals surface area contributed by atoms with Crippen LogP contribution in [0.4, 0.5) is 0 Å². The minimum atomic E-state index is 0.746. The van der Waals surface area contributed by atoms with E-state index in [2.05, 4.69) is 22.9 Å². The second-order valence-corrected chi connectivity index (χ2v) is 4.34. The van der Waals surface area contributed by atoms with Gasteiger partial charge in [-0.05, 0) is 30.4 Å². The van der Waals surface area contributed by atoms with Crippen LogP contribution in [0.5, 0.6) is 5.75 Å². The van der Waals surface area contributed by atoms with Crippen molar-refractivity contribution in [3.8, 4) is 5.75 Å². The van der Waals surface area contributed by atoms with Crippen LogP contribution in [0.2, 0.25) is 0 Å². The number of ether oxygens (including phenoxy) is 2. The third-order valence-corrected chi connectivity index (χ3v) is 3.14. The summed E-state index contributed by atoms with van der Waals surface area (Å²) in [5.41, 5.74) is 1.41. The molecule has 0 spiro atoms. The van der Waals surface area contributed by atoms with E-state index in [9.17, 15) is 0 Å². The van der Waals surface area contributed by atoms with Crippen molar-refractivity contribution in [2.24, 2.45) is 0 Å². The summed E-state index contributed by atoms with van der Waals surface area (Å²) < 4.78 is 9.86. The Morgan fingerprint density at radius 3 is 2.31 bits per heavy atom. The summed E-state index contributed by atoms with van der Waals surface area (Å²) in [4.78, 5) is 0. The minimum absolute atomic E-state index is 0.746. The third-order valence-electron chi connectivity index (χ3n) is 3.14. The molecule has 0 amide bonds. The Kier molecular flexibility index (Phi) is 4.23. The smallest absolute Gasteiger partial charge is 0.122 e. The van der Waals surface area contributed by atoms with E-state index in [-0.39, 0.29) is 0 Å². The molecule has 1 saturated carbocycles. The van der Waals surface area contributed by atoms with Crippen molar-refractivity contribution in [2.45, 2.75) is 31.6 Å². The maximum atomic E-state index is 5.36. The molecule has 0 radical (unpaired) electrons. The first-order valence-corrected chi connectivity index (χ1v) is 6.12. The minimum Gasteiger partial charge on any atom is -0.496 e. The highest BCUT2D eigenvalue weighted by Crippen LogP contribution is 2.38. The molecule has 0 bridgehead atoms. The monoisotopic (exact) mass is 220 g/mol. The predicted molar refractivity (Wildman–Crippen MR) is 65.0 cm³/mol. The van der Waals surface area contributed by atoms with Crippen LogP contribution in [-0.4, -0.2) is 20.3 Å². The number of benzene rings is 1. The standard InChI is InChI=1S/C12H16O.C2H4O/c1-13-12-9-5-4-8-11(12)10-6-2-3-7-10;1-2-3-1/h4-5,8-10H,2-3,6-7H2,1H3;1-2H2. The molecule has 0 aromatic heterocycles. The van der Waals surface area contributed by atoms with E-state index in [0.29, 0.717) is 0 Å². The van der Waals surface area contributed by atoms with Gasteiger partial charge in [0, 0.05) is 0 Å². The number of hydrogen-bond acceptors (Lipinski definition) is 2. The van der Waals surface area contributed by atoms with Crippen LogP contribution in [0.3, 0.4) is 0 Å². The molecule has 1 saturated heterocycles. The van der Waals surface area contributed by atoms with Crippen LogP contribution in [-0.2, 0) is 4.74 Å². The molecule has 2 heteroatoms. The van der Waals surface area contributed by atoms with Crippen LogP contribution < -0.4 is 4.74 Å². The summed E-state index contributed by atoms with van der Waals surface area (Å²) in [5, 5.41) is 0. The Bertz CT molecular complexity index is 312. The molecular weight excluding hydrogens is 200 g/mol. The van der Waals surface area contributed by atoms with Crippen molar-refractivity contribution in [3.63, 3.8) is 0 Å². The lowest BCUT2D eigenvalue weighted by atomic mass is 9.97. The zero-order chi connectivity index (χ0) is 11.2. The van der Waals surface area contributed by atoms with E-state index in [4.69, 9.17) is 4.74 Å². The predicted octanol–water partition coefficient (Wildman–Crippen LogP) is 3.37. The van der Waals surface area contributed by atoms with E-state index in [1.54, 1.807) is 7.11 Å². The zero-order valence-electron chi connectivity index (χ0n) is 9.95. The van der Waals surface area contributed by atoms with Gasteiger partial charge in [0.25, 0.3) is 0 Å². The molecule has 1 aliphatic heterocycles. The van der Waals surface area contributed by atoms with Gasteiger partial charge in [-0.15, -0.1) is 0 Å². The van der Waals surface area contributed by atoms with Crippen molar-refractivity contribution in [1.82, 2.24) is 0 Å². The van der Waals surface area contributed by atoms with Gasteiger partial charge in [-0.2, -0.15) is 0 Å². The SMILES string of the molecule is C1CO1.COc1ccccc1C1CCCC1. The second kappa shape index (κ2) is 5.90. The van der Waals surface area contributed by atoms with E-state index in [1.165, 1.54) is 31.2 Å². The summed E-state index contributed by atoms with van der Waals surface area (Å²) >= 11 is 0. The molecule has 0 N–H and O–H groups in total.